The number of rotatable bonds is 3. The van der Waals surface area contributed by atoms with E-state index in [9.17, 15) is 0 Å². The molecule has 0 spiro atoms. The van der Waals surface area contributed by atoms with E-state index in [1.807, 2.05) is 0 Å². The fourth-order valence-corrected chi connectivity index (χ4v) is 2.98. The number of anilines is 1. The summed E-state index contributed by atoms with van der Waals surface area (Å²) in [6.45, 7) is 13.6. The molecule has 20 heavy (non-hydrogen) atoms. The van der Waals surface area contributed by atoms with E-state index in [0.29, 0.717) is 12.1 Å². The van der Waals surface area contributed by atoms with Gasteiger partial charge in [0.1, 0.15) is 0 Å². The molecule has 2 nitrogen and oxygen atoms in total. The van der Waals surface area contributed by atoms with Crippen LogP contribution in [0.1, 0.15) is 53.0 Å². The summed E-state index contributed by atoms with van der Waals surface area (Å²) in [5.41, 5.74) is 3.01. The average molecular weight is 274 g/mol. The van der Waals surface area contributed by atoms with Gasteiger partial charge in [-0.1, -0.05) is 46.2 Å². The largest absolute Gasteiger partial charge is 0.366 e. The van der Waals surface area contributed by atoms with E-state index >= 15 is 0 Å². The predicted octanol–water partition coefficient (Wildman–Crippen LogP) is 3.95. The molecule has 0 radical (unpaired) electrons. The molecule has 0 aromatic heterocycles. The van der Waals surface area contributed by atoms with Crippen LogP contribution in [0, 0.1) is 0 Å². The van der Waals surface area contributed by atoms with Crippen LogP contribution in [0.3, 0.4) is 0 Å². The van der Waals surface area contributed by atoms with E-state index in [1.54, 1.807) is 0 Å². The Morgan fingerprint density at radius 1 is 1.20 bits per heavy atom. The molecule has 2 unspecified atom stereocenters. The van der Waals surface area contributed by atoms with Gasteiger partial charge in [0.25, 0.3) is 0 Å². The Morgan fingerprint density at radius 2 is 1.85 bits per heavy atom. The second-order valence-corrected chi connectivity index (χ2v) is 7.19. The first-order chi connectivity index (χ1) is 9.41. The van der Waals surface area contributed by atoms with Crippen molar-refractivity contribution in [1.29, 1.82) is 0 Å². The molecule has 1 aromatic carbocycles. The highest BCUT2D eigenvalue weighted by atomic mass is 15.2. The van der Waals surface area contributed by atoms with Crippen LogP contribution < -0.4 is 10.2 Å². The van der Waals surface area contributed by atoms with Gasteiger partial charge in [0.2, 0.25) is 0 Å². The van der Waals surface area contributed by atoms with Crippen molar-refractivity contribution in [3.05, 3.63) is 29.8 Å². The maximum Gasteiger partial charge on any atom is 0.0387 e. The molecule has 1 fully saturated rings. The second-order valence-electron chi connectivity index (χ2n) is 7.19. The zero-order valence-electron chi connectivity index (χ0n) is 13.7. The van der Waals surface area contributed by atoms with E-state index in [1.165, 1.54) is 24.1 Å². The SMILES string of the molecule is CCCC1CN(c2ccc(C(C)(C)C)cc2)C(C)CN1. The summed E-state index contributed by atoms with van der Waals surface area (Å²) in [6, 6.07) is 10.4. The van der Waals surface area contributed by atoms with Gasteiger partial charge in [-0.2, -0.15) is 0 Å². The Labute approximate surface area is 124 Å². The van der Waals surface area contributed by atoms with Crippen LogP contribution in [0.5, 0.6) is 0 Å². The van der Waals surface area contributed by atoms with Crippen LogP contribution in [0.4, 0.5) is 5.69 Å². The van der Waals surface area contributed by atoms with Crippen molar-refractivity contribution in [2.24, 2.45) is 0 Å². The number of nitrogens with zero attached hydrogens (tertiary/aromatic N) is 1. The maximum absolute atomic E-state index is 3.66. The zero-order valence-corrected chi connectivity index (χ0v) is 13.7. The number of piperazine rings is 1. The molecule has 1 aromatic rings. The molecule has 1 heterocycles. The molecule has 1 saturated heterocycles. The fraction of sp³-hybridized carbons (Fsp3) is 0.667. The Balaban J connectivity index is 2.13. The first-order valence-electron chi connectivity index (χ1n) is 8.02. The van der Waals surface area contributed by atoms with Crippen LogP contribution in [0.15, 0.2) is 24.3 Å². The average Bonchev–Trinajstić information content (AvgIpc) is 2.40. The van der Waals surface area contributed by atoms with Gasteiger partial charge in [-0.3, -0.25) is 0 Å². The van der Waals surface area contributed by atoms with E-state index in [2.05, 4.69) is 69.1 Å². The Bertz CT molecular complexity index is 416. The number of nitrogens with one attached hydrogen (secondary N) is 1. The lowest BCUT2D eigenvalue weighted by atomic mass is 9.87. The molecule has 0 saturated carbocycles. The van der Waals surface area contributed by atoms with Crippen LogP contribution in [-0.4, -0.2) is 25.2 Å². The molecule has 2 rings (SSSR count). The third-order valence-electron chi connectivity index (χ3n) is 4.35. The Morgan fingerprint density at radius 3 is 2.40 bits per heavy atom. The molecular weight excluding hydrogens is 244 g/mol. The predicted molar refractivity (Wildman–Crippen MR) is 88.6 cm³/mol. The molecule has 0 aliphatic carbocycles. The minimum Gasteiger partial charge on any atom is -0.366 e. The molecule has 2 atom stereocenters. The summed E-state index contributed by atoms with van der Waals surface area (Å²) in [4.78, 5) is 2.56. The summed E-state index contributed by atoms with van der Waals surface area (Å²) in [5.74, 6) is 0. The number of hydrogen-bond donors (Lipinski definition) is 1. The fourth-order valence-electron chi connectivity index (χ4n) is 2.98. The van der Waals surface area contributed by atoms with Gasteiger partial charge in [0.15, 0.2) is 0 Å². The molecule has 1 N–H and O–H groups in total. The molecule has 1 aliphatic heterocycles. The van der Waals surface area contributed by atoms with Crippen LogP contribution in [0.25, 0.3) is 0 Å². The highest BCUT2D eigenvalue weighted by molar-refractivity contribution is 5.50. The van der Waals surface area contributed by atoms with Gasteiger partial charge < -0.3 is 10.2 Å². The maximum atomic E-state index is 3.66. The lowest BCUT2D eigenvalue weighted by molar-refractivity contribution is 0.386. The molecular formula is C18H30N2. The molecule has 112 valence electrons. The summed E-state index contributed by atoms with van der Waals surface area (Å²) in [7, 11) is 0. The van der Waals surface area contributed by atoms with Crippen molar-refractivity contribution in [3.63, 3.8) is 0 Å². The highest BCUT2D eigenvalue weighted by Crippen LogP contribution is 2.26. The number of benzene rings is 1. The van der Waals surface area contributed by atoms with E-state index in [4.69, 9.17) is 0 Å². The van der Waals surface area contributed by atoms with Gasteiger partial charge >= 0.3 is 0 Å². The minimum atomic E-state index is 0.234. The molecule has 2 heteroatoms. The van der Waals surface area contributed by atoms with Gasteiger partial charge in [-0.05, 0) is 36.5 Å². The van der Waals surface area contributed by atoms with Crippen molar-refractivity contribution in [2.45, 2.75) is 65.0 Å². The summed E-state index contributed by atoms with van der Waals surface area (Å²) >= 11 is 0. The summed E-state index contributed by atoms with van der Waals surface area (Å²) in [6.07, 6.45) is 2.52. The van der Waals surface area contributed by atoms with Crippen LogP contribution in [-0.2, 0) is 5.41 Å². The van der Waals surface area contributed by atoms with E-state index in [-0.39, 0.29) is 5.41 Å². The van der Waals surface area contributed by atoms with Crippen molar-refractivity contribution in [2.75, 3.05) is 18.0 Å². The Hall–Kier alpha value is -1.02. The van der Waals surface area contributed by atoms with Crippen molar-refractivity contribution in [3.8, 4) is 0 Å². The third kappa shape index (κ3) is 3.54. The third-order valence-corrected chi connectivity index (χ3v) is 4.35. The minimum absolute atomic E-state index is 0.234. The molecule has 0 bridgehead atoms. The summed E-state index contributed by atoms with van der Waals surface area (Å²) < 4.78 is 0. The zero-order chi connectivity index (χ0) is 14.8. The van der Waals surface area contributed by atoms with Crippen LogP contribution in [0.2, 0.25) is 0 Å². The quantitative estimate of drug-likeness (QED) is 0.898. The number of hydrogen-bond acceptors (Lipinski definition) is 2. The normalized spacial score (nSPS) is 23.9. The topological polar surface area (TPSA) is 15.3 Å². The van der Waals surface area contributed by atoms with Gasteiger partial charge in [-0.15, -0.1) is 0 Å². The van der Waals surface area contributed by atoms with Gasteiger partial charge in [-0.25, -0.2) is 0 Å². The van der Waals surface area contributed by atoms with E-state index < -0.39 is 0 Å². The van der Waals surface area contributed by atoms with Crippen molar-refractivity contribution >= 4 is 5.69 Å². The van der Waals surface area contributed by atoms with Crippen molar-refractivity contribution < 1.29 is 0 Å². The summed E-state index contributed by atoms with van der Waals surface area (Å²) in [5, 5.41) is 3.66. The van der Waals surface area contributed by atoms with E-state index in [0.717, 1.165) is 13.1 Å². The van der Waals surface area contributed by atoms with Gasteiger partial charge in [0.05, 0.1) is 0 Å². The lowest BCUT2D eigenvalue weighted by Crippen LogP contribution is -2.55. The smallest absolute Gasteiger partial charge is 0.0387 e. The highest BCUT2D eigenvalue weighted by Gasteiger charge is 2.24. The second kappa shape index (κ2) is 6.17. The van der Waals surface area contributed by atoms with Gasteiger partial charge in [0, 0.05) is 30.9 Å². The first kappa shape index (κ1) is 15.4. The first-order valence-corrected chi connectivity index (χ1v) is 8.02. The Kier molecular flexibility index (Phi) is 4.74. The molecule has 0 amide bonds. The van der Waals surface area contributed by atoms with Crippen LogP contribution >= 0.6 is 0 Å². The monoisotopic (exact) mass is 274 g/mol. The lowest BCUT2D eigenvalue weighted by Gasteiger charge is -2.40. The van der Waals surface area contributed by atoms with Crippen molar-refractivity contribution in [1.82, 2.24) is 5.32 Å². The molecule has 1 aliphatic rings. The standard InChI is InChI=1S/C18H30N2/c1-6-7-16-13-20(14(2)12-19-16)17-10-8-15(9-11-17)18(3,4)5/h8-11,14,16,19H,6-7,12-13H2,1-5H3.